The summed E-state index contributed by atoms with van der Waals surface area (Å²) in [6.07, 6.45) is 0. The van der Waals surface area contributed by atoms with Crippen LogP contribution in [0.2, 0.25) is 0 Å². The molecule has 5 heteroatoms. The SMILES string of the molecule is COCCN(CCOC)CCOc1ccccc1CN. The molecule has 0 amide bonds. The number of hydrogen-bond acceptors (Lipinski definition) is 5. The second-order valence-electron chi connectivity index (χ2n) is 4.49. The molecule has 0 aliphatic carbocycles. The van der Waals surface area contributed by atoms with Crippen molar-refractivity contribution < 1.29 is 14.2 Å². The average Bonchev–Trinajstić information content (AvgIpc) is 2.49. The highest BCUT2D eigenvalue weighted by atomic mass is 16.5. The summed E-state index contributed by atoms with van der Waals surface area (Å²) in [4.78, 5) is 2.26. The first kappa shape index (κ1) is 16.9. The minimum atomic E-state index is 0.493. The zero-order chi connectivity index (χ0) is 14.6. The molecule has 0 aromatic heterocycles. The van der Waals surface area contributed by atoms with Crippen LogP contribution in [0.3, 0.4) is 0 Å². The van der Waals surface area contributed by atoms with E-state index < -0.39 is 0 Å². The number of para-hydroxylation sites is 1. The molecule has 1 aromatic rings. The summed E-state index contributed by atoms with van der Waals surface area (Å²) >= 11 is 0. The molecule has 0 heterocycles. The van der Waals surface area contributed by atoms with E-state index in [1.165, 1.54) is 0 Å². The van der Waals surface area contributed by atoms with Crippen molar-refractivity contribution in [1.29, 1.82) is 0 Å². The fourth-order valence-electron chi connectivity index (χ4n) is 1.87. The molecule has 0 radical (unpaired) electrons. The number of ether oxygens (including phenoxy) is 3. The van der Waals surface area contributed by atoms with Crippen molar-refractivity contribution in [3.05, 3.63) is 29.8 Å². The van der Waals surface area contributed by atoms with E-state index in [1.807, 2.05) is 24.3 Å². The van der Waals surface area contributed by atoms with Crippen molar-refractivity contribution >= 4 is 0 Å². The van der Waals surface area contributed by atoms with Gasteiger partial charge in [-0.25, -0.2) is 0 Å². The van der Waals surface area contributed by atoms with Gasteiger partial charge in [-0.2, -0.15) is 0 Å². The molecule has 1 aromatic carbocycles. The number of methoxy groups -OCH3 is 2. The minimum Gasteiger partial charge on any atom is -0.492 e. The molecule has 20 heavy (non-hydrogen) atoms. The lowest BCUT2D eigenvalue weighted by Gasteiger charge is -2.22. The summed E-state index contributed by atoms with van der Waals surface area (Å²) in [6.45, 7) is 5.14. The Labute approximate surface area is 121 Å². The van der Waals surface area contributed by atoms with Gasteiger partial charge in [-0.15, -0.1) is 0 Å². The molecular formula is C15H26N2O3. The van der Waals surface area contributed by atoms with Crippen molar-refractivity contribution in [3.63, 3.8) is 0 Å². The summed E-state index contributed by atoms with van der Waals surface area (Å²) in [5.41, 5.74) is 6.73. The maximum absolute atomic E-state index is 5.82. The molecule has 0 aliphatic heterocycles. The zero-order valence-electron chi connectivity index (χ0n) is 12.5. The van der Waals surface area contributed by atoms with E-state index in [-0.39, 0.29) is 0 Å². The largest absolute Gasteiger partial charge is 0.492 e. The van der Waals surface area contributed by atoms with Gasteiger partial charge in [0, 0.05) is 46.0 Å². The van der Waals surface area contributed by atoms with Crippen LogP contribution in [-0.4, -0.2) is 58.6 Å². The number of nitrogens with two attached hydrogens (primary N) is 1. The van der Waals surface area contributed by atoms with Crippen LogP contribution in [0.1, 0.15) is 5.56 Å². The summed E-state index contributed by atoms with van der Waals surface area (Å²) in [5.74, 6) is 0.869. The Morgan fingerprint density at radius 1 is 0.950 bits per heavy atom. The lowest BCUT2D eigenvalue weighted by molar-refractivity contribution is 0.104. The van der Waals surface area contributed by atoms with Crippen LogP contribution >= 0.6 is 0 Å². The molecule has 2 N–H and O–H groups in total. The number of rotatable bonds is 11. The molecule has 0 saturated carbocycles. The van der Waals surface area contributed by atoms with Crippen LogP contribution in [0, 0.1) is 0 Å². The monoisotopic (exact) mass is 282 g/mol. The number of nitrogens with zero attached hydrogens (tertiary/aromatic N) is 1. The normalized spacial score (nSPS) is 11.0. The third kappa shape index (κ3) is 6.34. The molecular weight excluding hydrogens is 256 g/mol. The molecule has 0 atom stereocenters. The summed E-state index contributed by atoms with van der Waals surface area (Å²) in [5, 5.41) is 0. The van der Waals surface area contributed by atoms with E-state index in [1.54, 1.807) is 14.2 Å². The van der Waals surface area contributed by atoms with Gasteiger partial charge >= 0.3 is 0 Å². The molecule has 0 unspecified atom stereocenters. The maximum Gasteiger partial charge on any atom is 0.123 e. The smallest absolute Gasteiger partial charge is 0.123 e. The zero-order valence-corrected chi connectivity index (χ0v) is 12.5. The lowest BCUT2D eigenvalue weighted by atomic mass is 10.2. The second kappa shape index (κ2) is 10.6. The Morgan fingerprint density at radius 2 is 1.55 bits per heavy atom. The van der Waals surface area contributed by atoms with Crippen LogP contribution in [-0.2, 0) is 16.0 Å². The van der Waals surface area contributed by atoms with Gasteiger partial charge < -0.3 is 19.9 Å². The van der Waals surface area contributed by atoms with E-state index in [2.05, 4.69) is 4.90 Å². The molecule has 1 rings (SSSR count). The lowest BCUT2D eigenvalue weighted by Crippen LogP contribution is -2.34. The molecule has 114 valence electrons. The quantitative estimate of drug-likeness (QED) is 0.659. The highest BCUT2D eigenvalue weighted by Gasteiger charge is 2.06. The predicted molar refractivity (Wildman–Crippen MR) is 80.0 cm³/mol. The van der Waals surface area contributed by atoms with Gasteiger partial charge in [-0.3, -0.25) is 4.90 Å². The average molecular weight is 282 g/mol. The highest BCUT2D eigenvalue weighted by Crippen LogP contribution is 2.16. The van der Waals surface area contributed by atoms with Crippen molar-refractivity contribution in [2.24, 2.45) is 5.73 Å². The van der Waals surface area contributed by atoms with Gasteiger partial charge in [0.2, 0.25) is 0 Å². The fraction of sp³-hybridized carbons (Fsp3) is 0.600. The standard InChI is InChI=1S/C15H26N2O3/c1-18-10-7-17(8-11-19-2)9-12-20-15-6-4-3-5-14(15)13-16/h3-6H,7-13,16H2,1-2H3. The van der Waals surface area contributed by atoms with E-state index in [0.29, 0.717) is 26.4 Å². The third-order valence-corrected chi connectivity index (χ3v) is 3.08. The molecule has 0 spiro atoms. The summed E-state index contributed by atoms with van der Waals surface area (Å²) in [6, 6.07) is 7.88. The van der Waals surface area contributed by atoms with Gasteiger partial charge in [-0.05, 0) is 6.07 Å². The summed E-state index contributed by atoms with van der Waals surface area (Å²) in [7, 11) is 3.42. The third-order valence-electron chi connectivity index (χ3n) is 3.08. The minimum absolute atomic E-state index is 0.493. The molecule has 0 bridgehead atoms. The first-order valence-corrected chi connectivity index (χ1v) is 6.92. The van der Waals surface area contributed by atoms with Gasteiger partial charge in [0.25, 0.3) is 0 Å². The van der Waals surface area contributed by atoms with Gasteiger partial charge in [0.1, 0.15) is 12.4 Å². The molecule has 0 fully saturated rings. The van der Waals surface area contributed by atoms with Gasteiger partial charge in [0.05, 0.1) is 13.2 Å². The number of hydrogen-bond donors (Lipinski definition) is 1. The highest BCUT2D eigenvalue weighted by molar-refractivity contribution is 5.32. The Hall–Kier alpha value is -1.14. The van der Waals surface area contributed by atoms with Crippen LogP contribution in [0.4, 0.5) is 0 Å². The van der Waals surface area contributed by atoms with E-state index >= 15 is 0 Å². The topological polar surface area (TPSA) is 57.0 Å². The Bertz CT molecular complexity index is 353. The van der Waals surface area contributed by atoms with Crippen LogP contribution in [0.15, 0.2) is 24.3 Å². The van der Waals surface area contributed by atoms with Crippen LogP contribution < -0.4 is 10.5 Å². The Morgan fingerprint density at radius 3 is 2.15 bits per heavy atom. The fourth-order valence-corrected chi connectivity index (χ4v) is 1.87. The predicted octanol–water partition coefficient (Wildman–Crippen LogP) is 1.12. The molecule has 0 aliphatic rings. The van der Waals surface area contributed by atoms with E-state index in [4.69, 9.17) is 19.9 Å². The van der Waals surface area contributed by atoms with Crippen molar-refractivity contribution in [2.45, 2.75) is 6.54 Å². The van der Waals surface area contributed by atoms with Crippen molar-refractivity contribution in [2.75, 3.05) is 53.7 Å². The Balaban J connectivity index is 2.38. The van der Waals surface area contributed by atoms with Crippen LogP contribution in [0.5, 0.6) is 5.75 Å². The van der Waals surface area contributed by atoms with Gasteiger partial charge in [-0.1, -0.05) is 18.2 Å². The summed E-state index contributed by atoms with van der Waals surface area (Å²) < 4.78 is 16.0. The maximum atomic E-state index is 5.82. The van der Waals surface area contributed by atoms with Gasteiger partial charge in [0.15, 0.2) is 0 Å². The molecule has 5 nitrogen and oxygen atoms in total. The van der Waals surface area contributed by atoms with Crippen molar-refractivity contribution in [3.8, 4) is 5.75 Å². The Kier molecular flexibility index (Phi) is 8.98. The first-order valence-electron chi connectivity index (χ1n) is 6.92. The second-order valence-corrected chi connectivity index (χ2v) is 4.49. The van der Waals surface area contributed by atoms with E-state index in [9.17, 15) is 0 Å². The van der Waals surface area contributed by atoms with Crippen molar-refractivity contribution in [1.82, 2.24) is 4.90 Å². The first-order chi connectivity index (χ1) is 9.81. The number of benzene rings is 1. The molecule has 0 saturated heterocycles. The van der Waals surface area contributed by atoms with Crippen LogP contribution in [0.25, 0.3) is 0 Å². The van der Waals surface area contributed by atoms with E-state index in [0.717, 1.165) is 30.9 Å².